The van der Waals surface area contributed by atoms with E-state index in [2.05, 4.69) is 11.6 Å². The number of hydrogen-bond donors (Lipinski definition) is 1. The van der Waals surface area contributed by atoms with E-state index in [0.717, 1.165) is 18.4 Å². The number of aliphatic hydroxyl groups excluding tert-OH is 1. The van der Waals surface area contributed by atoms with Gasteiger partial charge in [0.15, 0.2) is 0 Å². The number of aromatic nitrogens is 1. The molecule has 82 valence electrons. The molecule has 1 N–H and O–H groups in total. The number of ether oxygens (including phenoxy) is 1. The smallest absolute Gasteiger partial charge is 0.218 e. The van der Waals surface area contributed by atoms with Crippen molar-refractivity contribution in [3.8, 4) is 5.88 Å². The molecule has 0 radical (unpaired) electrons. The van der Waals surface area contributed by atoms with Crippen LogP contribution in [0.25, 0.3) is 0 Å². The molecule has 15 heavy (non-hydrogen) atoms. The molecule has 1 aromatic rings. The van der Waals surface area contributed by atoms with Gasteiger partial charge in [-0.1, -0.05) is 6.08 Å². The van der Waals surface area contributed by atoms with Crippen LogP contribution in [0.5, 0.6) is 5.88 Å². The SMILES string of the molecule is C=CCCCC(O)c1cccnc1OC. The molecule has 0 saturated heterocycles. The van der Waals surface area contributed by atoms with Crippen molar-refractivity contribution in [2.45, 2.75) is 25.4 Å². The number of aliphatic hydroxyl groups is 1. The quantitative estimate of drug-likeness (QED) is 0.575. The van der Waals surface area contributed by atoms with Gasteiger partial charge in [0.05, 0.1) is 13.2 Å². The van der Waals surface area contributed by atoms with Gasteiger partial charge in [0.25, 0.3) is 0 Å². The Balaban J connectivity index is 2.63. The molecular formula is C12H17NO2. The second kappa shape index (κ2) is 6.19. The minimum absolute atomic E-state index is 0.503. The molecule has 0 aromatic carbocycles. The lowest BCUT2D eigenvalue weighted by Gasteiger charge is -2.12. The lowest BCUT2D eigenvalue weighted by Crippen LogP contribution is -2.01. The van der Waals surface area contributed by atoms with Crippen molar-refractivity contribution in [3.63, 3.8) is 0 Å². The van der Waals surface area contributed by atoms with E-state index in [4.69, 9.17) is 4.74 Å². The van der Waals surface area contributed by atoms with Crippen molar-refractivity contribution in [1.29, 1.82) is 0 Å². The number of allylic oxidation sites excluding steroid dienone is 1. The van der Waals surface area contributed by atoms with Gasteiger partial charge in [-0.15, -0.1) is 6.58 Å². The van der Waals surface area contributed by atoms with Crippen molar-refractivity contribution in [3.05, 3.63) is 36.5 Å². The molecule has 1 unspecified atom stereocenters. The highest BCUT2D eigenvalue weighted by Crippen LogP contribution is 2.25. The summed E-state index contributed by atoms with van der Waals surface area (Å²) in [4.78, 5) is 4.04. The van der Waals surface area contributed by atoms with Crippen molar-refractivity contribution >= 4 is 0 Å². The van der Waals surface area contributed by atoms with Crippen molar-refractivity contribution in [2.24, 2.45) is 0 Å². The standard InChI is InChI=1S/C12H17NO2/c1-3-4-5-8-11(14)10-7-6-9-13-12(10)15-2/h3,6-7,9,11,14H,1,4-5,8H2,2H3. The monoisotopic (exact) mass is 207 g/mol. The van der Waals surface area contributed by atoms with Gasteiger partial charge < -0.3 is 9.84 Å². The molecule has 0 spiro atoms. The molecule has 0 aliphatic rings. The Morgan fingerprint density at radius 1 is 1.67 bits per heavy atom. The van der Waals surface area contributed by atoms with Gasteiger partial charge in [0.1, 0.15) is 0 Å². The van der Waals surface area contributed by atoms with E-state index in [1.807, 2.05) is 12.1 Å². The highest BCUT2D eigenvalue weighted by Gasteiger charge is 2.12. The number of unbranched alkanes of at least 4 members (excludes halogenated alkanes) is 1. The van der Waals surface area contributed by atoms with Gasteiger partial charge in [-0.3, -0.25) is 0 Å². The molecule has 0 aliphatic carbocycles. The molecule has 0 amide bonds. The predicted molar refractivity (Wildman–Crippen MR) is 59.8 cm³/mol. The summed E-state index contributed by atoms with van der Waals surface area (Å²) in [7, 11) is 1.56. The van der Waals surface area contributed by atoms with Crippen LogP contribution < -0.4 is 4.74 Å². The largest absolute Gasteiger partial charge is 0.481 e. The van der Waals surface area contributed by atoms with Crippen LogP contribution >= 0.6 is 0 Å². The second-order valence-corrected chi connectivity index (χ2v) is 3.34. The molecule has 0 fully saturated rings. The maximum Gasteiger partial charge on any atom is 0.218 e. The predicted octanol–water partition coefficient (Wildman–Crippen LogP) is 2.48. The summed E-state index contributed by atoms with van der Waals surface area (Å²) in [6, 6.07) is 3.64. The van der Waals surface area contributed by atoms with Crippen LogP contribution in [0.4, 0.5) is 0 Å². The molecule has 3 nitrogen and oxygen atoms in total. The van der Waals surface area contributed by atoms with E-state index < -0.39 is 6.10 Å². The minimum Gasteiger partial charge on any atom is -0.481 e. The number of hydrogen-bond acceptors (Lipinski definition) is 3. The Labute approximate surface area is 90.4 Å². The molecule has 0 bridgehead atoms. The highest BCUT2D eigenvalue weighted by atomic mass is 16.5. The fourth-order valence-electron chi connectivity index (χ4n) is 1.44. The molecule has 3 heteroatoms. The van der Waals surface area contributed by atoms with Crippen molar-refractivity contribution in [2.75, 3.05) is 7.11 Å². The normalized spacial score (nSPS) is 12.1. The zero-order valence-electron chi connectivity index (χ0n) is 9.02. The minimum atomic E-state index is -0.506. The van der Waals surface area contributed by atoms with E-state index in [1.54, 1.807) is 19.4 Å². The average molecular weight is 207 g/mol. The Hall–Kier alpha value is -1.35. The van der Waals surface area contributed by atoms with Gasteiger partial charge in [0, 0.05) is 11.8 Å². The first kappa shape index (κ1) is 11.7. The summed E-state index contributed by atoms with van der Waals surface area (Å²) in [6.07, 6.45) is 5.54. The van der Waals surface area contributed by atoms with E-state index >= 15 is 0 Å². The molecule has 1 rings (SSSR count). The van der Waals surface area contributed by atoms with Crippen LogP contribution in [0.3, 0.4) is 0 Å². The topological polar surface area (TPSA) is 42.4 Å². The van der Waals surface area contributed by atoms with Crippen molar-refractivity contribution in [1.82, 2.24) is 4.98 Å². The van der Waals surface area contributed by atoms with Crippen LogP contribution in [0.15, 0.2) is 31.0 Å². The van der Waals surface area contributed by atoms with Crippen LogP contribution in [0.1, 0.15) is 30.9 Å². The van der Waals surface area contributed by atoms with Gasteiger partial charge in [-0.05, 0) is 31.4 Å². The van der Waals surface area contributed by atoms with Gasteiger partial charge in [-0.2, -0.15) is 0 Å². The Morgan fingerprint density at radius 3 is 3.13 bits per heavy atom. The van der Waals surface area contributed by atoms with E-state index in [-0.39, 0.29) is 0 Å². The summed E-state index contributed by atoms with van der Waals surface area (Å²) in [6.45, 7) is 3.65. The maximum atomic E-state index is 9.90. The van der Waals surface area contributed by atoms with Gasteiger partial charge in [0.2, 0.25) is 5.88 Å². The van der Waals surface area contributed by atoms with Crippen molar-refractivity contribution < 1.29 is 9.84 Å². The molecular weight excluding hydrogens is 190 g/mol. The summed E-state index contributed by atoms with van der Waals surface area (Å²) in [5, 5.41) is 9.90. The van der Waals surface area contributed by atoms with E-state index in [1.165, 1.54) is 0 Å². The fraction of sp³-hybridized carbons (Fsp3) is 0.417. The summed E-state index contributed by atoms with van der Waals surface area (Å²) < 4.78 is 5.08. The van der Waals surface area contributed by atoms with Crippen LogP contribution in [0.2, 0.25) is 0 Å². The Kier molecular flexibility index (Phi) is 4.84. The number of methoxy groups -OCH3 is 1. The number of nitrogens with zero attached hydrogens (tertiary/aromatic N) is 1. The third kappa shape index (κ3) is 3.36. The molecule has 1 heterocycles. The zero-order valence-corrected chi connectivity index (χ0v) is 9.02. The molecule has 0 aliphatic heterocycles. The molecule has 0 saturated carbocycles. The third-order valence-electron chi connectivity index (χ3n) is 2.24. The average Bonchev–Trinajstić information content (AvgIpc) is 2.29. The van der Waals surface area contributed by atoms with E-state index in [9.17, 15) is 5.11 Å². The number of pyridine rings is 1. The first-order chi connectivity index (χ1) is 7.29. The summed E-state index contributed by atoms with van der Waals surface area (Å²) in [5.74, 6) is 0.503. The number of rotatable bonds is 6. The molecule has 1 aromatic heterocycles. The van der Waals surface area contributed by atoms with E-state index in [0.29, 0.717) is 12.3 Å². The van der Waals surface area contributed by atoms with Gasteiger partial charge in [-0.25, -0.2) is 4.98 Å². The lowest BCUT2D eigenvalue weighted by molar-refractivity contribution is 0.160. The van der Waals surface area contributed by atoms with Crippen LogP contribution in [-0.4, -0.2) is 17.2 Å². The Morgan fingerprint density at radius 2 is 2.47 bits per heavy atom. The van der Waals surface area contributed by atoms with Gasteiger partial charge >= 0.3 is 0 Å². The zero-order chi connectivity index (χ0) is 11.1. The summed E-state index contributed by atoms with van der Waals surface area (Å²) >= 11 is 0. The van der Waals surface area contributed by atoms with Crippen LogP contribution in [0, 0.1) is 0 Å². The second-order valence-electron chi connectivity index (χ2n) is 3.34. The highest BCUT2D eigenvalue weighted by molar-refractivity contribution is 5.27. The maximum absolute atomic E-state index is 9.90. The Bertz CT molecular complexity index is 312. The third-order valence-corrected chi connectivity index (χ3v) is 2.24. The lowest BCUT2D eigenvalue weighted by atomic mass is 10.1. The first-order valence-electron chi connectivity index (χ1n) is 5.07. The first-order valence-corrected chi connectivity index (χ1v) is 5.07. The molecule has 1 atom stereocenters. The fourth-order valence-corrected chi connectivity index (χ4v) is 1.44. The summed E-state index contributed by atoms with van der Waals surface area (Å²) in [5.41, 5.74) is 0.754. The van der Waals surface area contributed by atoms with Crippen LogP contribution in [-0.2, 0) is 0 Å².